The lowest BCUT2D eigenvalue weighted by molar-refractivity contribution is 0.0813. The van der Waals surface area contributed by atoms with E-state index in [-0.39, 0.29) is 35.5 Å². The second-order valence-electron chi connectivity index (χ2n) is 6.51. The molecular formula is C20H16O7. The van der Waals surface area contributed by atoms with Crippen molar-refractivity contribution in [2.24, 2.45) is 0 Å². The molecule has 0 spiro atoms. The van der Waals surface area contributed by atoms with Gasteiger partial charge in [0.25, 0.3) is 0 Å². The zero-order valence-electron chi connectivity index (χ0n) is 14.4. The molecule has 7 heteroatoms. The van der Waals surface area contributed by atoms with E-state index >= 15 is 0 Å². The normalized spacial score (nSPS) is 16.6. The number of carbonyl (C=O) groups is 2. The topological polar surface area (TPSA) is 102 Å². The minimum absolute atomic E-state index is 0.0319. The lowest BCUT2D eigenvalue weighted by Crippen LogP contribution is -2.15. The SMILES string of the molecule is C=C(C)C1Cc2cc(C(=O)C(=O)c3cc4c(cc3O)OCO4)c(O)cc2O1. The monoisotopic (exact) mass is 368 g/mol. The molecule has 0 saturated heterocycles. The number of phenolic OH excluding ortho intramolecular Hbond substituents is 2. The van der Waals surface area contributed by atoms with Crippen molar-refractivity contribution in [2.75, 3.05) is 6.79 Å². The van der Waals surface area contributed by atoms with Crippen LogP contribution in [-0.4, -0.2) is 34.7 Å². The van der Waals surface area contributed by atoms with Gasteiger partial charge in [-0.1, -0.05) is 6.58 Å². The van der Waals surface area contributed by atoms with Gasteiger partial charge in [0.2, 0.25) is 18.4 Å². The van der Waals surface area contributed by atoms with Gasteiger partial charge in [0.05, 0.1) is 11.1 Å². The van der Waals surface area contributed by atoms with Crippen molar-refractivity contribution < 1.29 is 34.0 Å². The van der Waals surface area contributed by atoms with Gasteiger partial charge in [-0.05, 0) is 30.2 Å². The first-order valence-electron chi connectivity index (χ1n) is 8.24. The van der Waals surface area contributed by atoms with Gasteiger partial charge in [0, 0.05) is 18.6 Å². The molecule has 0 aliphatic carbocycles. The number of aromatic hydroxyl groups is 2. The van der Waals surface area contributed by atoms with E-state index in [1.54, 1.807) is 0 Å². The van der Waals surface area contributed by atoms with Crippen LogP contribution in [0.1, 0.15) is 33.2 Å². The molecule has 0 amide bonds. The van der Waals surface area contributed by atoms with Gasteiger partial charge in [-0.3, -0.25) is 9.59 Å². The van der Waals surface area contributed by atoms with Crippen LogP contribution in [0.25, 0.3) is 0 Å². The van der Waals surface area contributed by atoms with Crippen molar-refractivity contribution in [2.45, 2.75) is 19.4 Å². The summed E-state index contributed by atoms with van der Waals surface area (Å²) in [7, 11) is 0. The van der Waals surface area contributed by atoms with Crippen LogP contribution in [0, 0.1) is 0 Å². The summed E-state index contributed by atoms with van der Waals surface area (Å²) in [4.78, 5) is 25.3. The highest BCUT2D eigenvalue weighted by atomic mass is 16.7. The Morgan fingerprint density at radius 3 is 2.15 bits per heavy atom. The van der Waals surface area contributed by atoms with Crippen LogP contribution < -0.4 is 14.2 Å². The smallest absolute Gasteiger partial charge is 0.237 e. The number of benzene rings is 2. The van der Waals surface area contributed by atoms with Crippen LogP contribution in [0.2, 0.25) is 0 Å². The minimum Gasteiger partial charge on any atom is -0.507 e. The molecule has 138 valence electrons. The highest BCUT2D eigenvalue weighted by molar-refractivity contribution is 6.50. The van der Waals surface area contributed by atoms with Crippen LogP contribution in [0.5, 0.6) is 28.7 Å². The fourth-order valence-electron chi connectivity index (χ4n) is 3.09. The molecular weight excluding hydrogens is 352 g/mol. The Morgan fingerprint density at radius 1 is 0.963 bits per heavy atom. The molecule has 0 saturated carbocycles. The Bertz CT molecular complexity index is 1010. The van der Waals surface area contributed by atoms with E-state index < -0.39 is 17.3 Å². The van der Waals surface area contributed by atoms with Crippen molar-refractivity contribution in [3.05, 3.63) is 53.1 Å². The molecule has 2 aliphatic heterocycles. The molecule has 1 unspecified atom stereocenters. The van der Waals surface area contributed by atoms with Crippen LogP contribution in [0.4, 0.5) is 0 Å². The molecule has 0 fully saturated rings. The summed E-state index contributed by atoms with van der Waals surface area (Å²) < 4.78 is 16.0. The Kier molecular flexibility index (Phi) is 3.80. The Hall–Kier alpha value is -3.48. The third-order valence-corrected chi connectivity index (χ3v) is 4.59. The van der Waals surface area contributed by atoms with Crippen LogP contribution in [0.3, 0.4) is 0 Å². The summed E-state index contributed by atoms with van der Waals surface area (Å²) in [6.45, 7) is 5.64. The fraction of sp³-hybridized carbons (Fsp3) is 0.200. The predicted octanol–water partition coefficient (Wildman–Crippen LogP) is 2.77. The number of hydrogen-bond acceptors (Lipinski definition) is 7. The Labute approximate surface area is 154 Å². The van der Waals surface area contributed by atoms with Gasteiger partial charge in [-0.2, -0.15) is 0 Å². The van der Waals surface area contributed by atoms with E-state index in [9.17, 15) is 19.8 Å². The van der Waals surface area contributed by atoms with Crippen LogP contribution >= 0.6 is 0 Å². The summed E-state index contributed by atoms with van der Waals surface area (Å²) in [5.74, 6) is -1.66. The number of carbonyl (C=O) groups excluding carboxylic acids is 2. The summed E-state index contributed by atoms with van der Waals surface area (Å²) in [5, 5.41) is 20.3. The predicted molar refractivity (Wildman–Crippen MR) is 93.9 cm³/mol. The number of hydrogen-bond donors (Lipinski definition) is 2. The molecule has 0 aromatic heterocycles. The van der Waals surface area contributed by atoms with Gasteiger partial charge in [-0.15, -0.1) is 0 Å². The van der Waals surface area contributed by atoms with Crippen molar-refractivity contribution in [3.8, 4) is 28.7 Å². The quantitative estimate of drug-likeness (QED) is 0.486. The average molecular weight is 368 g/mol. The first-order valence-corrected chi connectivity index (χ1v) is 8.24. The number of rotatable bonds is 4. The molecule has 2 N–H and O–H groups in total. The van der Waals surface area contributed by atoms with E-state index in [0.717, 1.165) is 5.57 Å². The van der Waals surface area contributed by atoms with Gasteiger partial charge in [0.1, 0.15) is 23.4 Å². The fourth-order valence-corrected chi connectivity index (χ4v) is 3.09. The molecule has 2 aliphatic rings. The van der Waals surface area contributed by atoms with Gasteiger partial charge in [0.15, 0.2) is 11.5 Å². The molecule has 0 bridgehead atoms. The third-order valence-electron chi connectivity index (χ3n) is 4.59. The first-order chi connectivity index (χ1) is 12.8. The molecule has 2 heterocycles. The molecule has 2 aromatic carbocycles. The highest BCUT2D eigenvalue weighted by Gasteiger charge is 2.30. The summed E-state index contributed by atoms with van der Waals surface area (Å²) >= 11 is 0. The van der Waals surface area contributed by atoms with Crippen molar-refractivity contribution >= 4 is 11.6 Å². The van der Waals surface area contributed by atoms with Crippen LogP contribution in [-0.2, 0) is 6.42 Å². The average Bonchev–Trinajstić information content (AvgIpc) is 3.24. The standard InChI is InChI=1S/C20H16O7/c1-9(2)15-4-10-3-11(13(21)6-16(10)27-15)19(23)20(24)12-5-17-18(7-14(12)22)26-8-25-17/h3,5-7,15,21-22H,1,4,8H2,2H3. The van der Waals surface area contributed by atoms with Crippen molar-refractivity contribution in [1.29, 1.82) is 0 Å². The Morgan fingerprint density at radius 2 is 1.52 bits per heavy atom. The lowest BCUT2D eigenvalue weighted by atomic mass is 9.96. The maximum atomic E-state index is 12.7. The van der Waals surface area contributed by atoms with Gasteiger partial charge >= 0.3 is 0 Å². The number of ketones is 2. The van der Waals surface area contributed by atoms with Crippen LogP contribution in [0.15, 0.2) is 36.4 Å². The van der Waals surface area contributed by atoms with Crippen molar-refractivity contribution in [1.82, 2.24) is 0 Å². The zero-order chi connectivity index (χ0) is 19.3. The van der Waals surface area contributed by atoms with Crippen molar-refractivity contribution in [3.63, 3.8) is 0 Å². The maximum absolute atomic E-state index is 12.7. The number of fused-ring (bicyclic) bond motifs is 2. The van der Waals surface area contributed by atoms with Gasteiger partial charge in [-0.25, -0.2) is 0 Å². The highest BCUT2D eigenvalue weighted by Crippen LogP contribution is 2.39. The Balaban J connectivity index is 1.67. The zero-order valence-corrected chi connectivity index (χ0v) is 14.4. The van der Waals surface area contributed by atoms with E-state index in [1.165, 1.54) is 24.3 Å². The lowest BCUT2D eigenvalue weighted by Gasteiger charge is -2.09. The molecule has 7 nitrogen and oxygen atoms in total. The second-order valence-corrected chi connectivity index (χ2v) is 6.51. The molecule has 27 heavy (non-hydrogen) atoms. The van der Waals surface area contributed by atoms with Gasteiger partial charge < -0.3 is 24.4 Å². The first kappa shape index (κ1) is 17.0. The van der Waals surface area contributed by atoms with E-state index in [2.05, 4.69) is 6.58 Å². The summed E-state index contributed by atoms with van der Waals surface area (Å²) in [5.41, 5.74) is 1.15. The van der Waals surface area contributed by atoms with E-state index in [4.69, 9.17) is 14.2 Å². The summed E-state index contributed by atoms with van der Waals surface area (Å²) in [6, 6.07) is 5.23. The van der Waals surface area contributed by atoms with E-state index in [1.807, 2.05) is 6.92 Å². The van der Waals surface area contributed by atoms with E-state index in [0.29, 0.717) is 23.5 Å². The minimum atomic E-state index is -0.962. The number of ether oxygens (including phenoxy) is 3. The maximum Gasteiger partial charge on any atom is 0.237 e. The number of phenols is 2. The molecule has 2 aromatic rings. The largest absolute Gasteiger partial charge is 0.507 e. The molecule has 4 rings (SSSR count). The molecule has 1 atom stereocenters. The number of Topliss-reactive ketones (excluding diaryl/α,β-unsaturated/α-hetero) is 2. The third kappa shape index (κ3) is 2.77. The molecule has 0 radical (unpaired) electrons. The second kappa shape index (κ2) is 6.05. The summed E-state index contributed by atoms with van der Waals surface area (Å²) in [6.07, 6.45) is 0.257.